The average molecular weight is 381 g/mol. The van der Waals surface area contributed by atoms with Gasteiger partial charge in [-0.3, -0.25) is 4.90 Å². The van der Waals surface area contributed by atoms with Crippen LogP contribution in [-0.4, -0.2) is 32.4 Å². The van der Waals surface area contributed by atoms with Crippen LogP contribution < -0.4 is 19.8 Å². The van der Waals surface area contributed by atoms with Crippen molar-refractivity contribution in [3.8, 4) is 17.2 Å². The Bertz CT molecular complexity index is 1070. The molecule has 0 atom stereocenters. The van der Waals surface area contributed by atoms with Gasteiger partial charge in [-0.15, -0.1) is 0 Å². The van der Waals surface area contributed by atoms with E-state index in [2.05, 4.69) is 4.90 Å². The van der Waals surface area contributed by atoms with Gasteiger partial charge in [-0.05, 0) is 48.7 Å². The van der Waals surface area contributed by atoms with Crippen LogP contribution in [0.25, 0.3) is 11.0 Å². The van der Waals surface area contributed by atoms with E-state index >= 15 is 0 Å². The second-order valence-electron chi connectivity index (χ2n) is 6.93. The molecule has 2 aromatic carbocycles. The fourth-order valence-electron chi connectivity index (χ4n) is 3.60. The molecule has 0 spiro atoms. The second-order valence-corrected chi connectivity index (χ2v) is 6.93. The lowest BCUT2D eigenvalue weighted by Crippen LogP contribution is -2.33. The van der Waals surface area contributed by atoms with Gasteiger partial charge in [0.1, 0.15) is 18.1 Å². The Morgan fingerprint density at radius 1 is 1.07 bits per heavy atom. The minimum Gasteiger partial charge on any atom is -0.493 e. The van der Waals surface area contributed by atoms with Gasteiger partial charge in [-0.2, -0.15) is 0 Å². The van der Waals surface area contributed by atoms with E-state index in [-0.39, 0.29) is 5.63 Å². The third kappa shape index (κ3) is 3.43. The zero-order valence-electron chi connectivity index (χ0n) is 16.3. The number of nitrogens with zero attached hydrogens (tertiary/aromatic N) is 1. The van der Waals surface area contributed by atoms with Gasteiger partial charge in [0.2, 0.25) is 0 Å². The largest absolute Gasteiger partial charge is 0.493 e. The average Bonchev–Trinajstić information content (AvgIpc) is 2.71. The minimum absolute atomic E-state index is 0.333. The zero-order valence-corrected chi connectivity index (χ0v) is 16.3. The SMILES string of the molecule is COc1ccc(CCN2COc3ccc4c(C)cc(=O)oc4c3C2)cc1OC. The summed E-state index contributed by atoms with van der Waals surface area (Å²) < 4.78 is 22.1. The topological polar surface area (TPSA) is 61.1 Å². The van der Waals surface area contributed by atoms with E-state index in [1.165, 1.54) is 6.07 Å². The molecular formula is C22H23NO5. The van der Waals surface area contributed by atoms with E-state index in [4.69, 9.17) is 18.6 Å². The van der Waals surface area contributed by atoms with E-state index in [1.807, 2.05) is 37.3 Å². The number of fused-ring (bicyclic) bond motifs is 3. The molecule has 28 heavy (non-hydrogen) atoms. The highest BCUT2D eigenvalue weighted by atomic mass is 16.5. The summed E-state index contributed by atoms with van der Waals surface area (Å²) in [7, 11) is 3.27. The number of hydrogen-bond acceptors (Lipinski definition) is 6. The van der Waals surface area contributed by atoms with Crippen molar-refractivity contribution in [3.05, 3.63) is 63.5 Å². The molecule has 6 nitrogen and oxygen atoms in total. The maximum atomic E-state index is 11.9. The van der Waals surface area contributed by atoms with Crippen molar-refractivity contribution >= 4 is 11.0 Å². The molecule has 0 radical (unpaired) electrons. The van der Waals surface area contributed by atoms with E-state index < -0.39 is 0 Å². The van der Waals surface area contributed by atoms with Gasteiger partial charge >= 0.3 is 5.63 Å². The highest BCUT2D eigenvalue weighted by Gasteiger charge is 2.22. The summed E-state index contributed by atoms with van der Waals surface area (Å²) in [5.41, 5.74) is 3.29. The Morgan fingerprint density at radius 2 is 1.89 bits per heavy atom. The molecule has 146 valence electrons. The predicted octanol–water partition coefficient (Wildman–Crippen LogP) is 3.51. The quantitative estimate of drug-likeness (QED) is 0.631. The Kier molecular flexibility index (Phi) is 4.96. The van der Waals surface area contributed by atoms with Crippen molar-refractivity contribution in [2.45, 2.75) is 19.9 Å². The van der Waals surface area contributed by atoms with Gasteiger partial charge < -0.3 is 18.6 Å². The maximum absolute atomic E-state index is 11.9. The van der Waals surface area contributed by atoms with Crippen molar-refractivity contribution in [2.24, 2.45) is 0 Å². The molecule has 0 amide bonds. The first-order valence-electron chi connectivity index (χ1n) is 9.21. The number of benzene rings is 2. The molecule has 0 N–H and O–H groups in total. The van der Waals surface area contributed by atoms with Crippen LogP contribution in [-0.2, 0) is 13.0 Å². The van der Waals surface area contributed by atoms with Crippen molar-refractivity contribution in [1.82, 2.24) is 4.90 Å². The fourth-order valence-corrected chi connectivity index (χ4v) is 3.60. The van der Waals surface area contributed by atoms with Crippen LogP contribution in [0.15, 0.2) is 45.6 Å². The Hall–Kier alpha value is -2.99. The molecule has 0 fully saturated rings. The summed E-state index contributed by atoms with van der Waals surface area (Å²) in [5.74, 6) is 2.23. The lowest BCUT2D eigenvalue weighted by atomic mass is 10.0. The molecule has 0 bridgehead atoms. The molecular weight excluding hydrogens is 358 g/mol. The first kappa shape index (κ1) is 18.4. The van der Waals surface area contributed by atoms with Gasteiger partial charge in [0.25, 0.3) is 0 Å². The summed E-state index contributed by atoms with van der Waals surface area (Å²) in [5, 5.41) is 0.948. The first-order valence-corrected chi connectivity index (χ1v) is 9.21. The van der Waals surface area contributed by atoms with E-state index in [0.29, 0.717) is 18.9 Å². The molecule has 1 aliphatic rings. The van der Waals surface area contributed by atoms with Crippen LogP contribution in [0, 0.1) is 6.92 Å². The summed E-state index contributed by atoms with van der Waals surface area (Å²) >= 11 is 0. The van der Waals surface area contributed by atoms with Crippen molar-refractivity contribution < 1.29 is 18.6 Å². The van der Waals surface area contributed by atoms with Crippen LogP contribution in [0.1, 0.15) is 16.7 Å². The summed E-state index contributed by atoms with van der Waals surface area (Å²) in [6, 6.07) is 11.4. The van der Waals surface area contributed by atoms with E-state index in [1.54, 1.807) is 14.2 Å². The first-order chi connectivity index (χ1) is 13.6. The molecule has 4 rings (SSSR count). The van der Waals surface area contributed by atoms with Gasteiger partial charge in [0.15, 0.2) is 11.5 Å². The Labute approximate surface area is 163 Å². The Morgan fingerprint density at radius 3 is 2.68 bits per heavy atom. The number of aryl methyl sites for hydroxylation is 1. The maximum Gasteiger partial charge on any atom is 0.336 e. The highest BCUT2D eigenvalue weighted by Crippen LogP contribution is 2.33. The van der Waals surface area contributed by atoms with Gasteiger partial charge in [-0.1, -0.05) is 6.07 Å². The van der Waals surface area contributed by atoms with Crippen molar-refractivity contribution in [1.29, 1.82) is 0 Å². The number of ether oxygens (including phenoxy) is 3. The summed E-state index contributed by atoms with van der Waals surface area (Å²) in [6.07, 6.45) is 0.840. The van der Waals surface area contributed by atoms with Crippen LogP contribution in [0.4, 0.5) is 0 Å². The number of hydrogen-bond donors (Lipinski definition) is 0. The molecule has 0 aliphatic carbocycles. The molecule has 1 aromatic heterocycles. The molecule has 3 aromatic rings. The monoisotopic (exact) mass is 381 g/mol. The third-order valence-electron chi connectivity index (χ3n) is 5.13. The highest BCUT2D eigenvalue weighted by molar-refractivity contribution is 5.85. The van der Waals surface area contributed by atoms with Crippen LogP contribution >= 0.6 is 0 Å². The van der Waals surface area contributed by atoms with E-state index in [0.717, 1.165) is 52.3 Å². The van der Waals surface area contributed by atoms with E-state index in [9.17, 15) is 4.79 Å². The lowest BCUT2D eigenvalue weighted by molar-refractivity contribution is 0.0967. The Balaban J connectivity index is 1.54. The van der Waals surface area contributed by atoms with Crippen molar-refractivity contribution in [2.75, 3.05) is 27.5 Å². The molecule has 6 heteroatoms. The van der Waals surface area contributed by atoms with Crippen LogP contribution in [0.2, 0.25) is 0 Å². The molecule has 2 heterocycles. The number of methoxy groups -OCH3 is 2. The normalized spacial score (nSPS) is 13.8. The fraction of sp³-hybridized carbons (Fsp3) is 0.318. The molecule has 0 saturated heterocycles. The third-order valence-corrected chi connectivity index (χ3v) is 5.13. The van der Waals surface area contributed by atoms with Crippen LogP contribution in [0.3, 0.4) is 0 Å². The lowest BCUT2D eigenvalue weighted by Gasteiger charge is -2.29. The smallest absolute Gasteiger partial charge is 0.336 e. The summed E-state index contributed by atoms with van der Waals surface area (Å²) in [4.78, 5) is 14.0. The predicted molar refractivity (Wildman–Crippen MR) is 106 cm³/mol. The van der Waals surface area contributed by atoms with Crippen LogP contribution in [0.5, 0.6) is 17.2 Å². The minimum atomic E-state index is -0.333. The number of rotatable bonds is 5. The van der Waals surface area contributed by atoms with Crippen molar-refractivity contribution in [3.63, 3.8) is 0 Å². The molecule has 0 saturated carbocycles. The second kappa shape index (κ2) is 7.56. The standard InChI is InChI=1S/C22H23NO5/c1-14-10-21(24)28-22-16(14)5-7-18-17(22)12-23(13-27-18)9-8-15-4-6-19(25-2)20(11-15)26-3/h4-7,10-11H,8-9,12-13H2,1-3H3. The summed E-state index contributed by atoms with van der Waals surface area (Å²) in [6.45, 7) is 3.90. The van der Waals surface area contributed by atoms with Gasteiger partial charge in [-0.25, -0.2) is 4.79 Å². The molecule has 0 unspecified atom stereocenters. The zero-order chi connectivity index (χ0) is 19.7. The van der Waals surface area contributed by atoms with Gasteiger partial charge in [0.05, 0.1) is 19.8 Å². The van der Waals surface area contributed by atoms with Gasteiger partial charge in [0, 0.05) is 24.5 Å². The molecule has 1 aliphatic heterocycles.